The third-order valence-electron chi connectivity index (χ3n) is 5.03. The highest BCUT2D eigenvalue weighted by Gasteiger charge is 2.33. The van der Waals surface area contributed by atoms with Gasteiger partial charge in [-0.05, 0) is 49.1 Å². The molecule has 9 nitrogen and oxygen atoms in total. The van der Waals surface area contributed by atoms with E-state index < -0.39 is 40.9 Å². The van der Waals surface area contributed by atoms with Crippen molar-refractivity contribution in [3.05, 3.63) is 60.2 Å². The van der Waals surface area contributed by atoms with Gasteiger partial charge in [0.25, 0.3) is 10.0 Å². The van der Waals surface area contributed by atoms with Gasteiger partial charge in [0.05, 0.1) is 29.7 Å². The molecule has 2 rings (SSSR count). The molecule has 0 saturated heterocycles. The summed E-state index contributed by atoms with van der Waals surface area (Å²) in [5.41, 5.74) is 6.86. The first-order chi connectivity index (χ1) is 15.2. The Morgan fingerprint density at radius 2 is 1.69 bits per heavy atom. The Morgan fingerprint density at radius 1 is 1.09 bits per heavy atom. The Kier molecular flexibility index (Phi) is 9.45. The number of hydrogen-bond acceptors (Lipinski definition) is 6. The number of hydrogen-bond donors (Lipinski definition) is 4. The number of anilines is 1. The van der Waals surface area contributed by atoms with Crippen LogP contribution in [0.1, 0.15) is 32.3 Å². The maximum absolute atomic E-state index is 13.3. The molecular formula is C22H31N3O6S. The average Bonchev–Trinajstić information content (AvgIpc) is 2.76. The molecule has 0 saturated carbocycles. The molecule has 0 aliphatic carbocycles. The van der Waals surface area contributed by atoms with E-state index in [0.717, 1.165) is 10.0 Å². The van der Waals surface area contributed by atoms with Crippen LogP contribution in [0.25, 0.3) is 0 Å². The Balaban J connectivity index is 2.32. The van der Waals surface area contributed by atoms with Gasteiger partial charge in [0, 0.05) is 5.69 Å². The van der Waals surface area contributed by atoms with Gasteiger partial charge in [0.2, 0.25) is 0 Å². The molecule has 176 valence electrons. The molecule has 2 atom stereocenters. The van der Waals surface area contributed by atoms with Crippen LogP contribution in [0.15, 0.2) is 59.5 Å². The van der Waals surface area contributed by atoms with Crippen LogP contribution in [0.3, 0.4) is 0 Å². The van der Waals surface area contributed by atoms with Crippen LogP contribution in [0.5, 0.6) is 0 Å². The van der Waals surface area contributed by atoms with E-state index in [2.05, 4.69) is 5.32 Å². The number of sulfonamides is 1. The van der Waals surface area contributed by atoms with E-state index >= 15 is 0 Å². The second kappa shape index (κ2) is 11.8. The van der Waals surface area contributed by atoms with E-state index in [9.17, 15) is 23.4 Å². The summed E-state index contributed by atoms with van der Waals surface area (Å²) in [5, 5.41) is 22.4. The van der Waals surface area contributed by atoms with Crippen LogP contribution in [0.4, 0.5) is 10.5 Å². The lowest BCUT2D eigenvalue weighted by atomic mass is 10.0. The lowest BCUT2D eigenvalue weighted by Crippen LogP contribution is -2.50. The molecule has 0 heterocycles. The number of nitrogen functional groups attached to an aromatic ring is 1. The van der Waals surface area contributed by atoms with Gasteiger partial charge in [0.15, 0.2) is 0 Å². The average molecular weight is 466 g/mol. The van der Waals surface area contributed by atoms with E-state index in [1.165, 1.54) is 24.3 Å². The molecule has 0 aliphatic heterocycles. The number of aliphatic hydroxyl groups excluding tert-OH is 1. The fourth-order valence-corrected chi connectivity index (χ4v) is 4.45. The number of rotatable bonds is 12. The van der Waals surface area contributed by atoms with E-state index in [0.29, 0.717) is 18.5 Å². The summed E-state index contributed by atoms with van der Waals surface area (Å²) >= 11 is 0. The largest absolute Gasteiger partial charge is 0.465 e. The lowest BCUT2D eigenvalue weighted by molar-refractivity contribution is -0.149. The fraction of sp³-hybridized carbons (Fsp3) is 0.409. The summed E-state index contributed by atoms with van der Waals surface area (Å²) in [4.78, 5) is 17.0. The molecule has 2 aromatic rings. The zero-order valence-corrected chi connectivity index (χ0v) is 19.0. The second-order valence-corrected chi connectivity index (χ2v) is 9.25. The Labute approximate surface area is 188 Å². The Morgan fingerprint density at radius 3 is 2.22 bits per heavy atom. The maximum Gasteiger partial charge on any atom is 0.404 e. The first-order valence-electron chi connectivity index (χ1n) is 10.4. The third kappa shape index (κ3) is 7.20. The number of aliphatic hydroxyl groups is 1. The van der Waals surface area contributed by atoms with Gasteiger partial charge in [-0.3, -0.25) is 4.84 Å². The van der Waals surface area contributed by atoms with Crippen molar-refractivity contribution in [2.24, 2.45) is 0 Å². The highest BCUT2D eigenvalue weighted by atomic mass is 32.2. The molecule has 1 amide bonds. The van der Waals surface area contributed by atoms with Gasteiger partial charge < -0.3 is 21.3 Å². The Hall–Kier alpha value is -2.66. The molecule has 2 aromatic carbocycles. The van der Waals surface area contributed by atoms with Crippen LogP contribution in [-0.4, -0.2) is 54.0 Å². The van der Waals surface area contributed by atoms with Gasteiger partial charge in [-0.1, -0.05) is 48.6 Å². The first-order valence-corrected chi connectivity index (χ1v) is 11.9. The van der Waals surface area contributed by atoms with E-state index in [1.807, 2.05) is 19.9 Å². The number of carbonyl (C=O) groups is 1. The molecule has 10 heteroatoms. The van der Waals surface area contributed by atoms with Gasteiger partial charge in [-0.25, -0.2) is 13.2 Å². The van der Waals surface area contributed by atoms with Crippen molar-refractivity contribution >= 4 is 21.8 Å². The Bertz CT molecular complexity index is 949. The van der Waals surface area contributed by atoms with Crippen molar-refractivity contribution in [1.29, 1.82) is 0 Å². The predicted octanol–water partition coefficient (Wildman–Crippen LogP) is 2.62. The van der Waals surface area contributed by atoms with Crippen LogP contribution in [0, 0.1) is 0 Å². The lowest BCUT2D eigenvalue weighted by Gasteiger charge is -2.30. The van der Waals surface area contributed by atoms with Crippen LogP contribution < -0.4 is 11.1 Å². The molecule has 0 spiro atoms. The van der Waals surface area contributed by atoms with Crippen molar-refractivity contribution in [1.82, 2.24) is 9.79 Å². The minimum Gasteiger partial charge on any atom is -0.465 e. The van der Waals surface area contributed by atoms with Crippen molar-refractivity contribution < 1.29 is 28.3 Å². The SMILES string of the molecule is CCC(CC)ON(C[C@H](O)[C@H](Cc1ccccc1)NC(=O)O)S(=O)(=O)c1ccc(N)cc1. The van der Waals surface area contributed by atoms with Gasteiger partial charge in [0.1, 0.15) is 0 Å². The number of amides is 1. The molecule has 0 bridgehead atoms. The van der Waals surface area contributed by atoms with Crippen LogP contribution in [-0.2, 0) is 21.3 Å². The molecule has 0 aliphatic rings. The van der Waals surface area contributed by atoms with Gasteiger partial charge in [-0.2, -0.15) is 0 Å². The number of nitrogens with zero attached hydrogens (tertiary/aromatic N) is 1. The van der Waals surface area contributed by atoms with E-state index in [4.69, 9.17) is 10.6 Å². The zero-order valence-electron chi connectivity index (χ0n) is 18.2. The maximum atomic E-state index is 13.3. The number of nitrogens with two attached hydrogens (primary N) is 1. The molecule has 0 unspecified atom stereocenters. The monoisotopic (exact) mass is 465 g/mol. The van der Waals surface area contributed by atoms with Crippen LogP contribution in [0.2, 0.25) is 0 Å². The van der Waals surface area contributed by atoms with Gasteiger partial charge in [-0.15, -0.1) is 0 Å². The number of benzene rings is 2. The topological polar surface area (TPSA) is 142 Å². The molecular weight excluding hydrogens is 434 g/mol. The third-order valence-corrected chi connectivity index (χ3v) is 6.67. The fourth-order valence-electron chi connectivity index (χ4n) is 3.15. The number of carboxylic acid groups (broad SMARTS) is 1. The molecule has 5 N–H and O–H groups in total. The molecule has 0 radical (unpaired) electrons. The second-order valence-electron chi connectivity index (χ2n) is 7.42. The van der Waals surface area contributed by atoms with Gasteiger partial charge >= 0.3 is 6.09 Å². The predicted molar refractivity (Wildman–Crippen MR) is 121 cm³/mol. The van der Waals surface area contributed by atoms with E-state index in [-0.39, 0.29) is 11.3 Å². The van der Waals surface area contributed by atoms with Crippen molar-refractivity contribution in [3.63, 3.8) is 0 Å². The van der Waals surface area contributed by atoms with Crippen molar-refractivity contribution in [2.45, 2.75) is 56.3 Å². The quantitative estimate of drug-likeness (QED) is 0.279. The molecule has 0 aromatic heterocycles. The number of nitrogens with one attached hydrogen (secondary N) is 1. The van der Waals surface area contributed by atoms with Crippen LogP contribution >= 0.6 is 0 Å². The summed E-state index contributed by atoms with van der Waals surface area (Å²) in [6.07, 6.45) is -1.80. The highest BCUT2D eigenvalue weighted by Crippen LogP contribution is 2.21. The van der Waals surface area contributed by atoms with E-state index in [1.54, 1.807) is 24.3 Å². The van der Waals surface area contributed by atoms with Crippen molar-refractivity contribution in [3.8, 4) is 0 Å². The normalized spacial score (nSPS) is 13.8. The minimum absolute atomic E-state index is 0.0457. The van der Waals surface area contributed by atoms with Crippen molar-refractivity contribution in [2.75, 3.05) is 12.3 Å². The minimum atomic E-state index is -4.14. The summed E-state index contributed by atoms with van der Waals surface area (Å²) in [6, 6.07) is 13.7. The molecule has 0 fully saturated rings. The zero-order chi connectivity index (χ0) is 23.7. The summed E-state index contributed by atoms with van der Waals surface area (Å²) < 4.78 is 27.3. The standard InChI is InChI=1S/C22H31N3O6S/c1-3-18(4-2)31-25(32(29,30)19-12-10-17(23)11-13-19)15-21(26)20(24-22(27)28)14-16-8-6-5-7-9-16/h5-13,18,20-21,24,26H,3-4,14-15,23H2,1-2H3,(H,27,28)/t20-,21-/m0/s1. The summed E-state index contributed by atoms with van der Waals surface area (Å²) in [7, 11) is -4.14. The summed E-state index contributed by atoms with van der Waals surface area (Å²) in [6.45, 7) is 3.27. The highest BCUT2D eigenvalue weighted by molar-refractivity contribution is 7.89. The summed E-state index contributed by atoms with van der Waals surface area (Å²) in [5.74, 6) is 0. The first kappa shape index (κ1) is 25.6. The smallest absolute Gasteiger partial charge is 0.404 e. The number of hydroxylamine groups is 1. The molecule has 32 heavy (non-hydrogen) atoms.